The van der Waals surface area contributed by atoms with Gasteiger partial charge in [0, 0.05) is 0 Å². The molecular formula is C3H7ClN2. The maximum Gasteiger partial charge on any atom is 0.105 e. The number of nitrogens with one attached hydrogen (secondary N) is 2. The van der Waals surface area contributed by atoms with Crippen molar-refractivity contribution in [2.45, 2.75) is 12.6 Å². The van der Waals surface area contributed by atoms with Crippen molar-refractivity contribution >= 4 is 11.6 Å². The predicted molar refractivity (Wildman–Crippen MR) is 25.4 cm³/mol. The molecular weight excluding hydrogens is 99.5 g/mol. The standard InChI is InChI=1S/C3H7ClN2/c1-3(2-4)5-6-3/h5-6H,2H2,1H3. The highest BCUT2D eigenvalue weighted by atomic mass is 35.5. The Labute approximate surface area is 41.8 Å². The van der Waals surface area contributed by atoms with Gasteiger partial charge in [-0.25, -0.2) is 10.9 Å². The van der Waals surface area contributed by atoms with Crippen molar-refractivity contribution in [3.05, 3.63) is 0 Å². The Hall–Kier alpha value is 0.210. The molecule has 1 saturated heterocycles. The summed E-state index contributed by atoms with van der Waals surface area (Å²) >= 11 is 5.42. The van der Waals surface area contributed by atoms with Crippen LogP contribution in [0.4, 0.5) is 0 Å². The molecule has 1 fully saturated rings. The summed E-state index contributed by atoms with van der Waals surface area (Å²) in [4.78, 5) is 0. The Balaban J connectivity index is 2.28. The minimum Gasteiger partial charge on any atom is -0.234 e. The highest BCUT2D eigenvalue weighted by molar-refractivity contribution is 6.18. The van der Waals surface area contributed by atoms with E-state index in [9.17, 15) is 0 Å². The summed E-state index contributed by atoms with van der Waals surface area (Å²) in [5.41, 5.74) is 5.81. The average Bonchev–Trinajstić information content (AvgIpc) is 2.22. The van der Waals surface area contributed by atoms with Crippen LogP contribution in [0.3, 0.4) is 0 Å². The van der Waals surface area contributed by atoms with Gasteiger partial charge in [-0.1, -0.05) is 0 Å². The second-order valence-electron chi connectivity index (χ2n) is 1.72. The van der Waals surface area contributed by atoms with Gasteiger partial charge < -0.3 is 0 Å². The van der Waals surface area contributed by atoms with Gasteiger partial charge in [0.05, 0.1) is 5.88 Å². The smallest absolute Gasteiger partial charge is 0.105 e. The second kappa shape index (κ2) is 1.09. The molecule has 0 spiro atoms. The molecule has 0 amide bonds. The van der Waals surface area contributed by atoms with E-state index in [1.807, 2.05) is 6.92 Å². The topological polar surface area (TPSA) is 43.9 Å². The lowest BCUT2D eigenvalue weighted by Crippen LogP contribution is -2.12. The first-order valence-electron chi connectivity index (χ1n) is 1.87. The fourth-order valence-electron chi connectivity index (χ4n) is 0.174. The lowest BCUT2D eigenvalue weighted by molar-refractivity contribution is 0.767. The molecule has 0 aromatic heterocycles. The zero-order valence-corrected chi connectivity index (χ0v) is 4.34. The first-order valence-corrected chi connectivity index (χ1v) is 2.41. The van der Waals surface area contributed by atoms with Crippen molar-refractivity contribution in [3.8, 4) is 0 Å². The molecule has 1 heterocycles. The maximum atomic E-state index is 5.42. The molecule has 3 heteroatoms. The lowest BCUT2D eigenvalue weighted by atomic mass is 10.4. The van der Waals surface area contributed by atoms with Crippen molar-refractivity contribution < 1.29 is 0 Å². The average molecular weight is 107 g/mol. The van der Waals surface area contributed by atoms with E-state index in [2.05, 4.69) is 10.9 Å². The maximum absolute atomic E-state index is 5.42. The fraction of sp³-hybridized carbons (Fsp3) is 1.00. The van der Waals surface area contributed by atoms with Crippen LogP contribution in [0.5, 0.6) is 0 Å². The van der Waals surface area contributed by atoms with Gasteiger partial charge in [-0.3, -0.25) is 0 Å². The number of rotatable bonds is 1. The third-order valence-corrected chi connectivity index (χ3v) is 1.35. The molecule has 36 valence electrons. The third-order valence-electron chi connectivity index (χ3n) is 0.819. The van der Waals surface area contributed by atoms with Gasteiger partial charge >= 0.3 is 0 Å². The minimum atomic E-state index is 0.0571. The largest absolute Gasteiger partial charge is 0.234 e. The van der Waals surface area contributed by atoms with Crippen molar-refractivity contribution in [1.29, 1.82) is 0 Å². The normalized spacial score (nSPS) is 27.0. The molecule has 1 rings (SSSR count). The molecule has 0 aliphatic carbocycles. The van der Waals surface area contributed by atoms with Crippen LogP contribution in [0.15, 0.2) is 0 Å². The molecule has 0 unspecified atom stereocenters. The number of alkyl halides is 1. The van der Waals surface area contributed by atoms with E-state index in [0.717, 1.165) is 0 Å². The molecule has 2 nitrogen and oxygen atoms in total. The Bertz CT molecular complexity index is 59.8. The van der Waals surface area contributed by atoms with Crippen LogP contribution >= 0.6 is 11.6 Å². The number of hydrogen-bond acceptors (Lipinski definition) is 2. The van der Waals surface area contributed by atoms with Crippen LogP contribution in [-0.2, 0) is 0 Å². The van der Waals surface area contributed by atoms with Gasteiger partial charge in [-0.2, -0.15) is 0 Å². The summed E-state index contributed by atoms with van der Waals surface area (Å²) in [6.07, 6.45) is 0. The summed E-state index contributed by atoms with van der Waals surface area (Å²) in [7, 11) is 0. The number of hydrazine groups is 1. The van der Waals surface area contributed by atoms with Crippen molar-refractivity contribution in [1.82, 2.24) is 10.9 Å². The third kappa shape index (κ3) is 0.644. The van der Waals surface area contributed by atoms with Gasteiger partial charge in [0.15, 0.2) is 0 Å². The van der Waals surface area contributed by atoms with Crippen molar-refractivity contribution in [2.75, 3.05) is 5.88 Å². The van der Waals surface area contributed by atoms with Gasteiger partial charge in [-0.15, -0.1) is 11.6 Å². The second-order valence-corrected chi connectivity index (χ2v) is 1.98. The molecule has 1 aliphatic rings. The highest BCUT2D eigenvalue weighted by Crippen LogP contribution is 2.08. The Morgan fingerprint density at radius 3 is 2.17 bits per heavy atom. The van der Waals surface area contributed by atoms with Crippen LogP contribution in [0.1, 0.15) is 6.92 Å². The zero-order chi connectivity index (χ0) is 4.62. The molecule has 0 aromatic carbocycles. The van der Waals surface area contributed by atoms with Crippen LogP contribution in [0.25, 0.3) is 0 Å². The lowest BCUT2D eigenvalue weighted by Gasteiger charge is -1.90. The Morgan fingerprint density at radius 1 is 1.67 bits per heavy atom. The van der Waals surface area contributed by atoms with Crippen molar-refractivity contribution in [2.24, 2.45) is 0 Å². The summed E-state index contributed by atoms with van der Waals surface area (Å²) in [5.74, 6) is 0.632. The van der Waals surface area contributed by atoms with E-state index in [0.29, 0.717) is 5.88 Å². The van der Waals surface area contributed by atoms with E-state index in [4.69, 9.17) is 11.6 Å². The van der Waals surface area contributed by atoms with E-state index in [-0.39, 0.29) is 5.66 Å². The molecule has 0 bridgehead atoms. The summed E-state index contributed by atoms with van der Waals surface area (Å²) in [6, 6.07) is 0. The van der Waals surface area contributed by atoms with Gasteiger partial charge in [0.25, 0.3) is 0 Å². The molecule has 0 atom stereocenters. The first kappa shape index (κ1) is 4.37. The van der Waals surface area contributed by atoms with E-state index >= 15 is 0 Å². The summed E-state index contributed by atoms with van der Waals surface area (Å²) < 4.78 is 0. The zero-order valence-electron chi connectivity index (χ0n) is 3.59. The summed E-state index contributed by atoms with van der Waals surface area (Å²) in [5, 5.41) is 0. The molecule has 6 heavy (non-hydrogen) atoms. The molecule has 1 aliphatic heterocycles. The minimum absolute atomic E-state index is 0.0571. The van der Waals surface area contributed by atoms with E-state index in [1.54, 1.807) is 0 Å². The van der Waals surface area contributed by atoms with Crippen LogP contribution < -0.4 is 10.9 Å². The number of halogens is 1. The monoisotopic (exact) mass is 106 g/mol. The van der Waals surface area contributed by atoms with E-state index < -0.39 is 0 Å². The molecule has 2 N–H and O–H groups in total. The Morgan fingerprint density at radius 2 is 2.17 bits per heavy atom. The predicted octanol–water partition coefficient (Wildman–Crippen LogP) is 0.0492. The van der Waals surface area contributed by atoms with Crippen LogP contribution in [0, 0.1) is 0 Å². The fourth-order valence-corrected chi connectivity index (χ4v) is 0.307. The van der Waals surface area contributed by atoms with Gasteiger partial charge in [-0.05, 0) is 6.92 Å². The van der Waals surface area contributed by atoms with Gasteiger partial charge in [0.2, 0.25) is 0 Å². The number of hydrogen-bond donors (Lipinski definition) is 2. The van der Waals surface area contributed by atoms with Crippen LogP contribution in [-0.4, -0.2) is 11.5 Å². The summed E-state index contributed by atoms with van der Waals surface area (Å²) in [6.45, 7) is 2.00. The van der Waals surface area contributed by atoms with E-state index in [1.165, 1.54) is 0 Å². The molecule has 0 aromatic rings. The van der Waals surface area contributed by atoms with Crippen molar-refractivity contribution in [3.63, 3.8) is 0 Å². The Kier molecular flexibility index (Phi) is 0.793. The SMILES string of the molecule is CC1(CCl)NN1. The van der Waals surface area contributed by atoms with Crippen LogP contribution in [0.2, 0.25) is 0 Å². The molecule has 0 saturated carbocycles. The highest BCUT2D eigenvalue weighted by Gasteiger charge is 2.34. The quantitative estimate of drug-likeness (QED) is 0.367. The molecule has 0 radical (unpaired) electrons. The van der Waals surface area contributed by atoms with Gasteiger partial charge in [0.1, 0.15) is 5.66 Å². The first-order chi connectivity index (χ1) is 2.77.